The van der Waals surface area contributed by atoms with Gasteiger partial charge in [0.05, 0.1) is 57.1 Å². The molecule has 22 nitrogen and oxygen atoms in total. The monoisotopic (exact) mass is 946 g/mol. The zero-order chi connectivity index (χ0) is 49.4. The van der Waals surface area contributed by atoms with Crippen LogP contribution in [-0.4, -0.2) is 125 Å². The van der Waals surface area contributed by atoms with Crippen LogP contribution in [0.15, 0.2) is 46.6 Å². The number of nitrogens with one attached hydrogen (secondary N) is 3. The molecular formula is C44H62N14O8S. The number of nitrogens with zero attached hydrogens (tertiary/aromatic N) is 8. The molecule has 0 saturated carbocycles. The highest BCUT2D eigenvalue weighted by Gasteiger charge is 2.41. The Morgan fingerprint density at radius 3 is 1.61 bits per heavy atom. The molecule has 5 amide bonds. The van der Waals surface area contributed by atoms with Gasteiger partial charge in [-0.25, -0.2) is 24.5 Å². The number of ether oxygens (including phenoxy) is 2. The van der Waals surface area contributed by atoms with Crippen LogP contribution < -0.4 is 33.4 Å². The molecule has 7 rings (SSSR count). The molecule has 2 fully saturated rings. The van der Waals surface area contributed by atoms with Crippen molar-refractivity contribution in [3.8, 4) is 11.5 Å². The standard InChI is InChI=1S/C23H31N7O4S.C21H31N7O4/c1-22(2,3)34-21(32)29-8-7-16(23(4,5)12-29)26-17-14(18(24)31)10-25-30-11-13(9-15(17)30)19-27-28-20(33-19)35-6;1-20(2,3)32-19(31)27-7-6-15(21(4,5)11-27)25-16-13(17(22)29)9-24-28-10-12(8-14(16)28)18(30)26-23/h9-11,16,26H,7-8,12H2,1-6H3,(H2,24,31);8-10,15,25H,6-7,11,23H2,1-5H3,(H2,22,29)(H,26,30)/t16-;15-/m11/s1. The lowest BCUT2D eigenvalue weighted by molar-refractivity contribution is 0.00617. The van der Waals surface area contributed by atoms with Crippen LogP contribution in [0.25, 0.3) is 22.5 Å². The highest BCUT2D eigenvalue weighted by Crippen LogP contribution is 2.37. The van der Waals surface area contributed by atoms with Crippen molar-refractivity contribution in [1.29, 1.82) is 0 Å². The number of primary amides is 2. The summed E-state index contributed by atoms with van der Waals surface area (Å²) in [5.41, 5.74) is 15.3. The van der Waals surface area contributed by atoms with Gasteiger partial charge in [0.15, 0.2) is 0 Å². The van der Waals surface area contributed by atoms with E-state index in [-0.39, 0.29) is 46.2 Å². The number of carbonyl (C=O) groups excluding carboxylic acids is 5. The smallest absolute Gasteiger partial charge is 0.410 e. The van der Waals surface area contributed by atoms with Crippen LogP contribution in [-0.2, 0) is 9.47 Å². The van der Waals surface area contributed by atoms with Crippen LogP contribution in [0.5, 0.6) is 0 Å². The van der Waals surface area contributed by atoms with Crippen molar-refractivity contribution in [2.45, 2.75) is 111 Å². The molecule has 2 atom stereocenters. The number of piperidine rings is 2. The highest BCUT2D eigenvalue weighted by atomic mass is 32.2. The lowest BCUT2D eigenvalue weighted by Crippen LogP contribution is -2.54. The molecule has 2 saturated heterocycles. The van der Waals surface area contributed by atoms with Crippen molar-refractivity contribution in [1.82, 2.24) is 44.7 Å². The number of nitrogen functional groups attached to an aromatic ring is 1. The molecule has 5 aromatic rings. The van der Waals surface area contributed by atoms with E-state index in [1.807, 2.05) is 67.7 Å². The molecule has 0 spiro atoms. The van der Waals surface area contributed by atoms with Crippen molar-refractivity contribution in [3.05, 3.63) is 53.6 Å². The maximum atomic E-state index is 12.6. The number of hydrazine groups is 1. The fraction of sp³-hybridized carbons (Fsp3) is 0.523. The largest absolute Gasteiger partial charge is 0.444 e. The van der Waals surface area contributed by atoms with Gasteiger partial charge in [0.25, 0.3) is 22.9 Å². The minimum atomic E-state index is -0.641. The van der Waals surface area contributed by atoms with Gasteiger partial charge < -0.3 is 45.8 Å². The molecule has 0 unspecified atom stereocenters. The second-order valence-corrected chi connectivity index (χ2v) is 20.8. The van der Waals surface area contributed by atoms with Gasteiger partial charge in [-0.1, -0.05) is 39.5 Å². The number of anilines is 2. The summed E-state index contributed by atoms with van der Waals surface area (Å²) in [6, 6.07) is 3.29. The number of aromatic nitrogens is 6. The third-order valence-electron chi connectivity index (χ3n) is 11.4. The quantitative estimate of drug-likeness (QED) is 0.0483. The Hall–Kier alpha value is -6.62. The van der Waals surface area contributed by atoms with Gasteiger partial charge in [0.2, 0.25) is 5.89 Å². The van der Waals surface area contributed by atoms with Crippen molar-refractivity contribution in [2.75, 3.05) is 43.1 Å². The molecular weight excluding hydrogens is 885 g/mol. The lowest BCUT2D eigenvalue weighted by atomic mass is 9.79. The van der Waals surface area contributed by atoms with E-state index in [1.54, 1.807) is 26.6 Å². The molecule has 67 heavy (non-hydrogen) atoms. The average Bonchev–Trinajstić information content (AvgIpc) is 3.99. The first-order valence-corrected chi connectivity index (χ1v) is 22.9. The van der Waals surface area contributed by atoms with Crippen LogP contribution in [0.4, 0.5) is 21.0 Å². The van der Waals surface area contributed by atoms with E-state index in [1.165, 1.54) is 34.9 Å². The van der Waals surface area contributed by atoms with Crippen LogP contribution in [0.2, 0.25) is 0 Å². The summed E-state index contributed by atoms with van der Waals surface area (Å²) < 4.78 is 19.9. The van der Waals surface area contributed by atoms with E-state index >= 15 is 0 Å². The van der Waals surface area contributed by atoms with Gasteiger partial charge in [0.1, 0.15) is 11.2 Å². The van der Waals surface area contributed by atoms with Crippen LogP contribution in [0.3, 0.4) is 0 Å². The first kappa shape index (κ1) is 49.8. The van der Waals surface area contributed by atoms with Gasteiger partial charge in [-0.05, 0) is 72.8 Å². The highest BCUT2D eigenvalue weighted by molar-refractivity contribution is 7.98. The average molecular weight is 947 g/mol. The van der Waals surface area contributed by atoms with Crippen molar-refractivity contribution >= 4 is 64.1 Å². The number of amides is 5. The van der Waals surface area contributed by atoms with E-state index in [0.29, 0.717) is 83.7 Å². The van der Waals surface area contributed by atoms with Crippen molar-refractivity contribution in [2.24, 2.45) is 28.1 Å². The second-order valence-electron chi connectivity index (χ2n) is 20.0. The minimum absolute atomic E-state index is 0.0460. The number of nitrogens with two attached hydrogens (primary N) is 3. The van der Waals surface area contributed by atoms with Gasteiger partial charge in [-0.3, -0.25) is 19.8 Å². The van der Waals surface area contributed by atoms with Crippen molar-refractivity contribution in [3.63, 3.8) is 0 Å². The summed E-state index contributed by atoms with van der Waals surface area (Å²) in [4.78, 5) is 65.0. The van der Waals surface area contributed by atoms with Gasteiger partial charge >= 0.3 is 12.2 Å². The molecule has 362 valence electrons. The molecule has 7 heterocycles. The number of thioether (sulfide) groups is 1. The summed E-state index contributed by atoms with van der Waals surface area (Å²) in [7, 11) is 0. The summed E-state index contributed by atoms with van der Waals surface area (Å²) in [5.74, 6) is 3.89. The van der Waals surface area contributed by atoms with E-state index in [0.717, 1.165) is 0 Å². The number of hydrogen-bond donors (Lipinski definition) is 6. The Morgan fingerprint density at radius 2 is 1.21 bits per heavy atom. The predicted molar refractivity (Wildman–Crippen MR) is 251 cm³/mol. The van der Waals surface area contributed by atoms with Crippen LogP contribution >= 0.6 is 11.8 Å². The number of likely N-dealkylation sites (tertiary alicyclic amines) is 2. The van der Waals surface area contributed by atoms with Crippen molar-refractivity contribution < 1.29 is 37.9 Å². The van der Waals surface area contributed by atoms with Gasteiger partial charge in [0, 0.05) is 61.5 Å². The molecule has 9 N–H and O–H groups in total. The van der Waals surface area contributed by atoms with Crippen LogP contribution in [0.1, 0.15) is 113 Å². The van der Waals surface area contributed by atoms with Gasteiger partial charge in [-0.2, -0.15) is 10.2 Å². The fourth-order valence-corrected chi connectivity index (χ4v) is 8.37. The Bertz CT molecular complexity index is 2680. The maximum Gasteiger partial charge on any atom is 0.410 e. The summed E-state index contributed by atoms with van der Waals surface area (Å²) in [6.07, 6.45) is 8.55. The molecule has 0 radical (unpaired) electrons. The molecule has 23 heteroatoms. The summed E-state index contributed by atoms with van der Waals surface area (Å²) in [5, 5.41) is 24.0. The Labute approximate surface area is 392 Å². The number of carbonyl (C=O) groups is 5. The topological polar surface area (TPSA) is 298 Å². The number of hydrogen-bond acceptors (Lipinski definition) is 16. The maximum absolute atomic E-state index is 12.6. The molecule has 5 aromatic heterocycles. The van der Waals surface area contributed by atoms with E-state index in [9.17, 15) is 24.0 Å². The van der Waals surface area contributed by atoms with Crippen LogP contribution in [0, 0.1) is 10.8 Å². The Kier molecular flexibility index (Phi) is 14.1. The summed E-state index contributed by atoms with van der Waals surface area (Å²) in [6.45, 7) is 21.3. The van der Waals surface area contributed by atoms with E-state index in [4.69, 9.17) is 31.2 Å². The molecule has 2 aliphatic rings. The third kappa shape index (κ3) is 11.5. The normalized spacial score (nSPS) is 18.1. The molecule has 0 aromatic carbocycles. The first-order chi connectivity index (χ1) is 31.2. The SMILES string of the molecule is CC(C)(C)OC(=O)N1CC[C@@H](Nc2c(C(N)=O)cnn3cc(C(=O)NN)cc23)C(C)(C)C1.CSc1nnc(-c2cc3c(N[C@@H]4CCN(C(=O)OC(C)(C)C)CC4(C)C)c(C(N)=O)cnn3c2)o1. The van der Waals surface area contributed by atoms with E-state index in [2.05, 4.69) is 50.3 Å². The minimum Gasteiger partial charge on any atom is -0.444 e. The second kappa shape index (κ2) is 18.9. The van der Waals surface area contributed by atoms with E-state index < -0.39 is 28.9 Å². The zero-order valence-corrected chi connectivity index (χ0v) is 40.7. The lowest BCUT2D eigenvalue weighted by Gasteiger charge is -2.45. The summed E-state index contributed by atoms with van der Waals surface area (Å²) >= 11 is 1.36. The molecule has 2 aliphatic heterocycles. The zero-order valence-electron chi connectivity index (χ0n) is 39.8. The molecule has 0 bridgehead atoms. The molecule has 0 aliphatic carbocycles. The van der Waals surface area contributed by atoms with Gasteiger partial charge in [-0.15, -0.1) is 10.2 Å². The third-order valence-corrected chi connectivity index (χ3v) is 11.9. The Morgan fingerprint density at radius 1 is 0.746 bits per heavy atom. The number of fused-ring (bicyclic) bond motifs is 2. The first-order valence-electron chi connectivity index (χ1n) is 21.7. The Balaban J connectivity index is 0.000000222. The number of rotatable bonds is 9. The predicted octanol–water partition coefficient (Wildman–Crippen LogP) is 5.14. The fourth-order valence-electron chi connectivity index (χ4n) is 8.09.